The number of carbonyl (C=O) groups is 4. The van der Waals surface area contributed by atoms with E-state index in [2.05, 4.69) is 0 Å². The second-order valence-corrected chi connectivity index (χ2v) is 7.43. The van der Waals surface area contributed by atoms with Crippen LogP contribution in [0.4, 0.5) is 9.59 Å². The summed E-state index contributed by atoms with van der Waals surface area (Å²) in [5.74, 6) is -3.78. The topological polar surface area (TPSA) is 161 Å². The molecule has 0 saturated heterocycles. The summed E-state index contributed by atoms with van der Waals surface area (Å²) in [6.07, 6.45) is -2.08. The summed E-state index contributed by atoms with van der Waals surface area (Å²) in [5, 5.41) is 9.52. The lowest BCUT2D eigenvalue weighted by atomic mass is 9.82. The Hall–Kier alpha value is -3.34. The lowest BCUT2D eigenvalue weighted by Gasteiger charge is -2.28. The zero-order valence-electron chi connectivity index (χ0n) is 19.4. The summed E-state index contributed by atoms with van der Waals surface area (Å²) in [4.78, 5) is 47.1. The van der Waals surface area contributed by atoms with Crippen LogP contribution in [-0.2, 0) is 23.8 Å². The van der Waals surface area contributed by atoms with Crippen LogP contribution < -0.4 is 15.2 Å². The maximum absolute atomic E-state index is 11.9. The van der Waals surface area contributed by atoms with Gasteiger partial charge in [0, 0.05) is 5.92 Å². The van der Waals surface area contributed by atoms with Crippen molar-refractivity contribution in [2.75, 3.05) is 19.8 Å². The largest absolute Gasteiger partial charge is 0.513 e. The molecule has 1 unspecified atom stereocenters. The first-order chi connectivity index (χ1) is 15.5. The molecule has 0 spiro atoms. The van der Waals surface area contributed by atoms with Crippen molar-refractivity contribution in [2.45, 2.75) is 46.6 Å². The Morgan fingerprint density at radius 1 is 0.909 bits per heavy atom. The Kier molecular flexibility index (Phi) is 11.1. The maximum Gasteiger partial charge on any atom is 0.513 e. The molecule has 11 nitrogen and oxygen atoms in total. The normalized spacial score (nSPS) is 13.4. The smallest absolute Gasteiger partial charge is 0.480 e. The number of esters is 1. The first-order valence-electron chi connectivity index (χ1n) is 10.5. The van der Waals surface area contributed by atoms with Crippen molar-refractivity contribution < 1.29 is 48.0 Å². The van der Waals surface area contributed by atoms with Crippen LogP contribution in [0.3, 0.4) is 0 Å². The first kappa shape index (κ1) is 27.7. The van der Waals surface area contributed by atoms with E-state index in [-0.39, 0.29) is 37.2 Å². The quantitative estimate of drug-likeness (QED) is 0.278. The van der Waals surface area contributed by atoms with Gasteiger partial charge in [0.05, 0.1) is 25.7 Å². The second-order valence-electron chi connectivity index (χ2n) is 7.43. The van der Waals surface area contributed by atoms with Crippen molar-refractivity contribution in [3.8, 4) is 11.5 Å². The zero-order chi connectivity index (χ0) is 25.1. The molecular formula is C22H31NO10. The Labute approximate surface area is 192 Å². The molecule has 3 N–H and O–H groups in total. The summed E-state index contributed by atoms with van der Waals surface area (Å²) in [7, 11) is 0. The van der Waals surface area contributed by atoms with Crippen LogP contribution in [0.2, 0.25) is 0 Å². The van der Waals surface area contributed by atoms with Gasteiger partial charge in [0.15, 0.2) is 11.5 Å². The highest BCUT2D eigenvalue weighted by Crippen LogP contribution is 2.36. The van der Waals surface area contributed by atoms with E-state index in [1.807, 2.05) is 0 Å². The van der Waals surface area contributed by atoms with Crippen LogP contribution in [0.25, 0.3) is 0 Å². The van der Waals surface area contributed by atoms with Gasteiger partial charge in [-0.1, -0.05) is 26.8 Å². The van der Waals surface area contributed by atoms with Gasteiger partial charge in [0.25, 0.3) is 0 Å². The van der Waals surface area contributed by atoms with Gasteiger partial charge < -0.3 is 34.5 Å². The monoisotopic (exact) mass is 469 g/mol. The van der Waals surface area contributed by atoms with Gasteiger partial charge in [0.2, 0.25) is 0 Å². The van der Waals surface area contributed by atoms with E-state index >= 15 is 0 Å². The fourth-order valence-corrected chi connectivity index (χ4v) is 2.90. The van der Waals surface area contributed by atoms with Crippen molar-refractivity contribution in [2.24, 2.45) is 17.6 Å². The Morgan fingerprint density at radius 3 is 1.94 bits per heavy atom. The third-order valence-electron chi connectivity index (χ3n) is 4.51. The van der Waals surface area contributed by atoms with Crippen LogP contribution in [0.5, 0.6) is 11.5 Å². The van der Waals surface area contributed by atoms with Crippen molar-refractivity contribution in [3.63, 3.8) is 0 Å². The van der Waals surface area contributed by atoms with Gasteiger partial charge in [-0.25, -0.2) is 9.59 Å². The molecule has 33 heavy (non-hydrogen) atoms. The lowest BCUT2D eigenvalue weighted by molar-refractivity contribution is -0.149. The van der Waals surface area contributed by atoms with Crippen LogP contribution in [-0.4, -0.2) is 55.2 Å². The number of carbonyl (C=O) groups excluding carboxylic acids is 3. The number of ether oxygens (including phenoxy) is 5. The number of hydrogen-bond acceptors (Lipinski definition) is 10. The fraction of sp³-hybridized carbons (Fsp3) is 0.545. The predicted octanol–water partition coefficient (Wildman–Crippen LogP) is 3.09. The molecule has 0 aliphatic heterocycles. The maximum atomic E-state index is 11.9. The molecule has 0 aliphatic rings. The molecule has 3 atom stereocenters. The average molecular weight is 469 g/mol. The number of carboxylic acid groups (broad SMARTS) is 1. The number of hydrogen-bond donors (Lipinski definition) is 2. The standard InChI is InChI=1S/C22H31NO10/c1-6-29-21(27)32-15-9-8-14(10-16(15)33-22(28)30-7-2)17(18(23)19(24)25)13(5)11-31-20(26)12(3)4/h8-10,12-13,17-18H,6-7,11,23H2,1-5H3,(H,24,25)/t13-,17?,18-/m0/s1. The fourth-order valence-electron chi connectivity index (χ4n) is 2.90. The van der Waals surface area contributed by atoms with Gasteiger partial charge in [-0.3, -0.25) is 9.59 Å². The number of rotatable bonds is 11. The highest BCUT2D eigenvalue weighted by molar-refractivity contribution is 5.75. The van der Waals surface area contributed by atoms with Crippen LogP contribution in [0.1, 0.15) is 46.1 Å². The molecule has 1 aromatic rings. The zero-order valence-corrected chi connectivity index (χ0v) is 19.4. The Balaban J connectivity index is 3.34. The van der Waals surface area contributed by atoms with E-state index < -0.39 is 42.1 Å². The Morgan fingerprint density at radius 2 is 1.45 bits per heavy atom. The van der Waals surface area contributed by atoms with Crippen LogP contribution in [0.15, 0.2) is 18.2 Å². The van der Waals surface area contributed by atoms with Gasteiger partial charge >= 0.3 is 24.2 Å². The third-order valence-corrected chi connectivity index (χ3v) is 4.51. The molecule has 0 amide bonds. The minimum absolute atomic E-state index is 0.0390. The van der Waals surface area contributed by atoms with E-state index in [0.29, 0.717) is 5.56 Å². The third kappa shape index (κ3) is 8.60. The number of aliphatic carboxylic acids is 1. The van der Waals surface area contributed by atoms with Gasteiger partial charge in [-0.2, -0.15) is 0 Å². The summed E-state index contributed by atoms with van der Waals surface area (Å²) >= 11 is 0. The van der Waals surface area contributed by atoms with Crippen LogP contribution in [0, 0.1) is 11.8 Å². The van der Waals surface area contributed by atoms with E-state index in [1.54, 1.807) is 34.6 Å². The van der Waals surface area contributed by atoms with Crippen molar-refractivity contribution in [1.29, 1.82) is 0 Å². The van der Waals surface area contributed by atoms with Gasteiger partial charge in [0.1, 0.15) is 6.04 Å². The molecule has 0 fully saturated rings. The minimum atomic E-state index is -1.37. The summed E-state index contributed by atoms with van der Waals surface area (Å²) < 4.78 is 24.9. The minimum Gasteiger partial charge on any atom is -0.480 e. The summed E-state index contributed by atoms with van der Waals surface area (Å²) in [6, 6.07) is 2.74. The number of nitrogens with two attached hydrogens (primary N) is 1. The molecule has 184 valence electrons. The van der Waals surface area contributed by atoms with E-state index in [1.165, 1.54) is 18.2 Å². The van der Waals surface area contributed by atoms with E-state index in [0.717, 1.165) is 0 Å². The van der Waals surface area contributed by atoms with Crippen molar-refractivity contribution >= 4 is 24.2 Å². The SMILES string of the molecule is CCOC(=O)Oc1ccc(C([C@H](N)C(=O)O)[C@@H](C)COC(=O)C(C)C)cc1OC(=O)OCC. The first-order valence-corrected chi connectivity index (χ1v) is 10.5. The highest BCUT2D eigenvalue weighted by Gasteiger charge is 2.33. The predicted molar refractivity (Wildman–Crippen MR) is 115 cm³/mol. The molecule has 0 radical (unpaired) electrons. The summed E-state index contributed by atoms with van der Waals surface area (Å²) in [6.45, 7) is 8.21. The molecule has 0 bridgehead atoms. The molecule has 1 rings (SSSR count). The molecule has 0 aliphatic carbocycles. The molecular weight excluding hydrogens is 438 g/mol. The van der Waals surface area contributed by atoms with Gasteiger partial charge in [-0.05, 0) is 37.5 Å². The van der Waals surface area contributed by atoms with E-state index in [9.17, 15) is 24.3 Å². The van der Waals surface area contributed by atoms with Crippen molar-refractivity contribution in [3.05, 3.63) is 23.8 Å². The molecule has 11 heteroatoms. The average Bonchev–Trinajstić information content (AvgIpc) is 2.73. The number of carboxylic acids is 1. The summed E-state index contributed by atoms with van der Waals surface area (Å²) in [5.41, 5.74) is 6.29. The van der Waals surface area contributed by atoms with Gasteiger partial charge in [-0.15, -0.1) is 0 Å². The van der Waals surface area contributed by atoms with E-state index in [4.69, 9.17) is 29.4 Å². The molecule has 1 aromatic carbocycles. The molecule has 0 saturated carbocycles. The highest BCUT2D eigenvalue weighted by atomic mass is 16.7. The lowest BCUT2D eigenvalue weighted by Crippen LogP contribution is -2.40. The van der Waals surface area contributed by atoms with Crippen LogP contribution >= 0.6 is 0 Å². The molecule has 0 aromatic heterocycles. The second kappa shape index (κ2) is 13.3. The Bertz CT molecular complexity index is 838. The number of benzene rings is 1. The van der Waals surface area contributed by atoms with Crippen molar-refractivity contribution in [1.82, 2.24) is 0 Å². The molecule has 0 heterocycles.